The number of amides is 1. The Morgan fingerprint density at radius 1 is 0.414 bits per heavy atom. The Morgan fingerprint density at radius 3 is 1.00 bits per heavy atom. The molecule has 58 heavy (non-hydrogen) atoms. The van der Waals surface area contributed by atoms with Crippen LogP contribution in [0.2, 0.25) is 0 Å². The van der Waals surface area contributed by atoms with Crippen LogP contribution in [-0.2, 0) is 61.6 Å². The van der Waals surface area contributed by atoms with Crippen LogP contribution >= 0.6 is 0 Å². The fourth-order valence-corrected chi connectivity index (χ4v) is 5.57. The molecule has 1 aliphatic carbocycles. The van der Waals surface area contributed by atoms with E-state index in [1.54, 1.807) is 0 Å². The van der Waals surface area contributed by atoms with Crippen molar-refractivity contribution in [3.8, 4) is 11.1 Å². The second kappa shape index (κ2) is 36.1. The van der Waals surface area contributed by atoms with Gasteiger partial charge in [-0.15, -0.1) is 0 Å². The van der Waals surface area contributed by atoms with Crippen molar-refractivity contribution in [2.45, 2.75) is 5.92 Å². The standard InChI is InChI=1S/C42H68N2O14/c1-43-10-12-46-14-16-48-18-20-50-22-24-52-26-28-54-30-32-56-34-35-57-33-31-55-29-27-53-25-23-51-21-19-49-17-15-47-13-11-44-42(45)58-36-41-39-8-4-2-6-37(39)38-7-3-5-9-40(38)41/h2-9,41,43H,10-36H2,1H3,(H,44,45). The predicted octanol–water partition coefficient (Wildman–Crippen LogP) is 2.94. The second-order valence-electron chi connectivity index (χ2n) is 12.7. The number of rotatable bonds is 41. The molecular formula is C42H68N2O14. The maximum Gasteiger partial charge on any atom is 0.407 e. The van der Waals surface area contributed by atoms with Crippen molar-refractivity contribution >= 4 is 6.09 Å². The molecule has 16 heteroatoms. The normalized spacial score (nSPS) is 12.2. The van der Waals surface area contributed by atoms with E-state index < -0.39 is 6.09 Å². The molecule has 2 aromatic carbocycles. The number of nitrogens with one attached hydrogen (secondary N) is 2. The summed E-state index contributed by atoms with van der Waals surface area (Å²) in [5.74, 6) is 0.0354. The molecule has 0 bridgehead atoms. The van der Waals surface area contributed by atoms with Crippen molar-refractivity contribution in [1.29, 1.82) is 0 Å². The van der Waals surface area contributed by atoms with Crippen LogP contribution in [-0.4, -0.2) is 191 Å². The zero-order valence-corrected chi connectivity index (χ0v) is 34.5. The summed E-state index contributed by atoms with van der Waals surface area (Å²) in [5.41, 5.74) is 4.77. The maximum atomic E-state index is 12.3. The highest BCUT2D eigenvalue weighted by atomic mass is 16.6. The Kier molecular flexibility index (Phi) is 30.8. The lowest BCUT2D eigenvalue weighted by atomic mass is 9.98. The van der Waals surface area contributed by atoms with Crippen molar-refractivity contribution in [3.63, 3.8) is 0 Å². The fraction of sp³-hybridized carbons (Fsp3) is 0.690. The first-order chi connectivity index (χ1) is 28.8. The van der Waals surface area contributed by atoms with Gasteiger partial charge < -0.3 is 72.2 Å². The van der Waals surface area contributed by atoms with E-state index in [9.17, 15) is 4.79 Å². The molecule has 0 unspecified atom stereocenters. The third-order valence-corrected chi connectivity index (χ3v) is 8.45. The van der Waals surface area contributed by atoms with Crippen molar-refractivity contribution in [2.24, 2.45) is 0 Å². The lowest BCUT2D eigenvalue weighted by molar-refractivity contribution is -0.0283. The summed E-state index contributed by atoms with van der Waals surface area (Å²) in [7, 11) is 1.89. The highest BCUT2D eigenvalue weighted by molar-refractivity contribution is 5.79. The first-order valence-electron chi connectivity index (χ1n) is 20.5. The summed E-state index contributed by atoms with van der Waals surface area (Å²) < 4.78 is 71.3. The van der Waals surface area contributed by atoms with Crippen molar-refractivity contribution < 1.29 is 66.4 Å². The van der Waals surface area contributed by atoms with Crippen LogP contribution in [0.25, 0.3) is 11.1 Å². The molecule has 2 aromatic rings. The lowest BCUT2D eigenvalue weighted by Crippen LogP contribution is -2.29. The van der Waals surface area contributed by atoms with E-state index in [0.717, 1.165) is 6.54 Å². The van der Waals surface area contributed by atoms with Crippen LogP contribution < -0.4 is 10.6 Å². The van der Waals surface area contributed by atoms with Gasteiger partial charge in [-0.2, -0.15) is 0 Å². The van der Waals surface area contributed by atoms with Gasteiger partial charge in [-0.05, 0) is 29.3 Å². The summed E-state index contributed by atoms with van der Waals surface area (Å²) in [5, 5.41) is 5.76. The first-order valence-corrected chi connectivity index (χ1v) is 20.5. The predicted molar refractivity (Wildman–Crippen MR) is 217 cm³/mol. The summed E-state index contributed by atoms with van der Waals surface area (Å²) in [6, 6.07) is 16.5. The number of ether oxygens (including phenoxy) is 13. The summed E-state index contributed by atoms with van der Waals surface area (Å²) >= 11 is 0. The second-order valence-corrected chi connectivity index (χ2v) is 12.7. The minimum Gasteiger partial charge on any atom is -0.449 e. The van der Waals surface area contributed by atoms with E-state index in [1.807, 2.05) is 31.3 Å². The van der Waals surface area contributed by atoms with Gasteiger partial charge in [-0.1, -0.05) is 48.5 Å². The van der Waals surface area contributed by atoms with Gasteiger partial charge in [0.15, 0.2) is 0 Å². The van der Waals surface area contributed by atoms with Crippen molar-refractivity contribution in [1.82, 2.24) is 10.6 Å². The number of carbonyl (C=O) groups is 1. The summed E-state index contributed by atoms with van der Waals surface area (Å²) in [6.07, 6.45) is -0.453. The Bertz CT molecular complexity index is 1220. The van der Waals surface area contributed by atoms with E-state index in [-0.39, 0.29) is 12.5 Å². The smallest absolute Gasteiger partial charge is 0.407 e. The Morgan fingerprint density at radius 2 is 0.690 bits per heavy atom. The topological polar surface area (TPSA) is 161 Å². The first kappa shape index (κ1) is 49.6. The van der Waals surface area contributed by atoms with Crippen LogP contribution in [0.5, 0.6) is 0 Å². The highest BCUT2D eigenvalue weighted by Gasteiger charge is 2.28. The summed E-state index contributed by atoms with van der Waals surface area (Å²) in [4.78, 5) is 12.3. The van der Waals surface area contributed by atoms with Crippen molar-refractivity contribution in [2.75, 3.05) is 185 Å². The number of hydrogen-bond acceptors (Lipinski definition) is 15. The quantitative estimate of drug-likeness (QED) is 0.0942. The molecule has 0 atom stereocenters. The number of carbonyl (C=O) groups excluding carboxylic acids is 1. The minimum absolute atomic E-state index is 0.0354. The molecule has 0 radical (unpaired) electrons. The van der Waals surface area contributed by atoms with Gasteiger partial charge in [-0.25, -0.2) is 4.79 Å². The number of fused-ring (bicyclic) bond motifs is 3. The molecule has 0 aromatic heterocycles. The Hall–Kier alpha value is -2.81. The highest BCUT2D eigenvalue weighted by Crippen LogP contribution is 2.44. The molecule has 0 saturated carbocycles. The number of alkyl carbamates (subject to hydrolysis) is 1. The molecule has 0 aliphatic heterocycles. The maximum absolute atomic E-state index is 12.3. The SMILES string of the molecule is CNCCOCCOCCOCCOCCOCCOCCOCCOCCOCCOCCOCCOCCNC(=O)OCC1c2ccccc2-c2ccccc21. The molecule has 330 valence electrons. The van der Waals surface area contributed by atoms with E-state index in [1.165, 1.54) is 22.3 Å². The molecule has 16 nitrogen and oxygen atoms in total. The van der Waals surface area contributed by atoms with E-state index in [4.69, 9.17) is 61.6 Å². The van der Waals surface area contributed by atoms with E-state index in [0.29, 0.717) is 165 Å². The number of likely N-dealkylation sites (N-methyl/N-ethyl adjacent to an activating group) is 1. The van der Waals surface area contributed by atoms with Crippen LogP contribution in [0.1, 0.15) is 17.0 Å². The minimum atomic E-state index is -0.453. The average Bonchev–Trinajstić information content (AvgIpc) is 3.57. The number of benzene rings is 2. The zero-order chi connectivity index (χ0) is 40.8. The van der Waals surface area contributed by atoms with Crippen molar-refractivity contribution in [3.05, 3.63) is 59.7 Å². The molecular weight excluding hydrogens is 756 g/mol. The van der Waals surface area contributed by atoms with Crippen LogP contribution in [0.4, 0.5) is 4.79 Å². The molecule has 0 spiro atoms. The van der Waals surface area contributed by atoms with Crippen LogP contribution in [0.3, 0.4) is 0 Å². The molecule has 3 rings (SSSR count). The van der Waals surface area contributed by atoms with Crippen LogP contribution in [0, 0.1) is 0 Å². The molecule has 0 fully saturated rings. The van der Waals surface area contributed by atoms with Gasteiger partial charge in [0.25, 0.3) is 0 Å². The van der Waals surface area contributed by atoms with Gasteiger partial charge >= 0.3 is 6.09 Å². The Labute approximate surface area is 344 Å². The van der Waals surface area contributed by atoms with Gasteiger partial charge in [0.05, 0.1) is 159 Å². The van der Waals surface area contributed by atoms with E-state index in [2.05, 4.69) is 34.9 Å². The Balaban J connectivity index is 0.927. The van der Waals surface area contributed by atoms with Gasteiger partial charge in [-0.3, -0.25) is 0 Å². The third kappa shape index (κ3) is 24.3. The molecule has 2 N–H and O–H groups in total. The van der Waals surface area contributed by atoms with Gasteiger partial charge in [0.1, 0.15) is 6.61 Å². The van der Waals surface area contributed by atoms with Gasteiger partial charge in [0.2, 0.25) is 0 Å². The third-order valence-electron chi connectivity index (χ3n) is 8.45. The van der Waals surface area contributed by atoms with Crippen LogP contribution in [0.15, 0.2) is 48.5 Å². The fourth-order valence-electron chi connectivity index (χ4n) is 5.57. The summed E-state index contributed by atoms with van der Waals surface area (Å²) in [6.45, 7) is 13.5. The number of hydrogen-bond donors (Lipinski definition) is 2. The zero-order valence-electron chi connectivity index (χ0n) is 34.5. The van der Waals surface area contributed by atoms with E-state index >= 15 is 0 Å². The molecule has 1 aliphatic rings. The largest absolute Gasteiger partial charge is 0.449 e. The average molecular weight is 825 g/mol. The monoisotopic (exact) mass is 824 g/mol. The molecule has 0 saturated heterocycles. The lowest BCUT2D eigenvalue weighted by Gasteiger charge is -2.14. The molecule has 0 heterocycles. The molecule has 1 amide bonds. The van der Waals surface area contributed by atoms with Gasteiger partial charge in [0, 0.05) is 19.0 Å².